The molecule has 0 radical (unpaired) electrons. The summed E-state index contributed by atoms with van der Waals surface area (Å²) in [6, 6.07) is 3.63. The van der Waals surface area contributed by atoms with E-state index in [-0.39, 0.29) is 35.0 Å². The number of ketones is 1. The molecule has 104 valence electrons. The third-order valence-electron chi connectivity index (χ3n) is 3.77. The first-order valence-corrected chi connectivity index (χ1v) is 6.53. The van der Waals surface area contributed by atoms with Gasteiger partial charge in [-0.15, -0.1) is 0 Å². The molecule has 0 unspecified atom stereocenters. The number of fused-ring (bicyclic) bond motifs is 1. The van der Waals surface area contributed by atoms with Gasteiger partial charge < -0.3 is 9.52 Å². The van der Waals surface area contributed by atoms with Gasteiger partial charge in [-0.05, 0) is 25.0 Å². The normalized spacial score (nSPS) is 19.4. The number of Topliss-reactive ketones (excluding diaryl/α,β-unsaturated/α-hetero) is 1. The van der Waals surface area contributed by atoms with Crippen LogP contribution in [0.1, 0.15) is 37.2 Å². The number of carbonyl (C=O) groups excluding carboxylic acids is 1. The van der Waals surface area contributed by atoms with Crippen LogP contribution in [0.25, 0.3) is 11.0 Å². The van der Waals surface area contributed by atoms with Gasteiger partial charge in [0, 0.05) is 24.8 Å². The molecular weight excluding hydrogens is 263 g/mol. The van der Waals surface area contributed by atoms with E-state index in [0.29, 0.717) is 24.6 Å². The molecule has 1 N–H and O–H groups in total. The van der Waals surface area contributed by atoms with Crippen LogP contribution in [0, 0.1) is 5.82 Å². The Balaban J connectivity index is 2.18. The van der Waals surface area contributed by atoms with Crippen molar-refractivity contribution in [3.63, 3.8) is 0 Å². The lowest BCUT2D eigenvalue weighted by molar-refractivity contribution is -0.120. The van der Waals surface area contributed by atoms with Crippen molar-refractivity contribution in [2.75, 3.05) is 0 Å². The summed E-state index contributed by atoms with van der Waals surface area (Å²) < 4.78 is 18.2. The van der Waals surface area contributed by atoms with E-state index in [2.05, 4.69) is 0 Å². The monoisotopic (exact) mass is 276 g/mol. The van der Waals surface area contributed by atoms with Crippen molar-refractivity contribution in [3.05, 3.63) is 40.0 Å². The van der Waals surface area contributed by atoms with Gasteiger partial charge in [0.2, 0.25) is 0 Å². The summed E-state index contributed by atoms with van der Waals surface area (Å²) in [7, 11) is 0. The van der Waals surface area contributed by atoms with Gasteiger partial charge in [0.1, 0.15) is 22.9 Å². The molecule has 5 heteroatoms. The van der Waals surface area contributed by atoms with Gasteiger partial charge in [-0.1, -0.05) is 0 Å². The van der Waals surface area contributed by atoms with Gasteiger partial charge in [0.15, 0.2) is 0 Å². The highest BCUT2D eigenvalue weighted by Gasteiger charge is 2.27. The van der Waals surface area contributed by atoms with Crippen molar-refractivity contribution in [2.45, 2.75) is 31.6 Å². The minimum absolute atomic E-state index is 0.0124. The fraction of sp³-hybridized carbons (Fsp3) is 0.333. The highest BCUT2D eigenvalue weighted by Crippen LogP contribution is 2.37. The van der Waals surface area contributed by atoms with E-state index in [1.807, 2.05) is 0 Å². The van der Waals surface area contributed by atoms with Crippen LogP contribution in [0.4, 0.5) is 4.39 Å². The summed E-state index contributed by atoms with van der Waals surface area (Å²) in [6.07, 6.45) is 2.12. The number of benzene rings is 1. The average Bonchev–Trinajstić information content (AvgIpc) is 2.38. The predicted octanol–water partition coefficient (Wildman–Crippen LogP) is 2.86. The van der Waals surface area contributed by atoms with Crippen molar-refractivity contribution in [2.24, 2.45) is 0 Å². The Morgan fingerprint density at radius 3 is 2.85 bits per heavy atom. The first-order chi connectivity index (χ1) is 9.56. The van der Waals surface area contributed by atoms with Crippen LogP contribution in [0.2, 0.25) is 0 Å². The molecule has 20 heavy (non-hydrogen) atoms. The second-order valence-corrected chi connectivity index (χ2v) is 5.12. The van der Waals surface area contributed by atoms with Crippen LogP contribution in [0.15, 0.2) is 27.4 Å². The number of aromatic hydroxyl groups is 1. The van der Waals surface area contributed by atoms with Crippen molar-refractivity contribution >= 4 is 16.8 Å². The highest BCUT2D eigenvalue weighted by molar-refractivity contribution is 5.85. The summed E-state index contributed by atoms with van der Waals surface area (Å²) in [6.45, 7) is 0. The smallest absolute Gasteiger partial charge is 0.343 e. The Hall–Kier alpha value is -2.17. The van der Waals surface area contributed by atoms with E-state index >= 15 is 0 Å². The topological polar surface area (TPSA) is 67.5 Å². The van der Waals surface area contributed by atoms with Gasteiger partial charge >= 0.3 is 5.63 Å². The zero-order valence-corrected chi connectivity index (χ0v) is 10.7. The standard InChI is InChI=1S/C15H13FO4/c16-9-4-5-11-12(7-9)20-15(19)13(14(11)18)8-2-1-3-10(17)6-8/h4-5,7-8,18H,1-3,6H2/t8-/m1/s1. The molecule has 1 atom stereocenters. The molecule has 3 rings (SSSR count). The molecule has 1 aromatic heterocycles. The molecule has 0 aliphatic heterocycles. The third-order valence-corrected chi connectivity index (χ3v) is 3.77. The van der Waals surface area contributed by atoms with E-state index in [0.717, 1.165) is 6.07 Å². The molecule has 1 aromatic carbocycles. The highest BCUT2D eigenvalue weighted by atomic mass is 19.1. The maximum absolute atomic E-state index is 13.1. The van der Waals surface area contributed by atoms with E-state index in [4.69, 9.17) is 4.42 Å². The lowest BCUT2D eigenvalue weighted by Gasteiger charge is -2.21. The Bertz CT molecular complexity index is 747. The summed E-state index contributed by atoms with van der Waals surface area (Å²) in [5.41, 5.74) is -0.546. The fourth-order valence-corrected chi connectivity index (χ4v) is 2.80. The molecule has 1 fully saturated rings. The average molecular weight is 276 g/mol. The Morgan fingerprint density at radius 2 is 2.10 bits per heavy atom. The molecule has 1 aliphatic rings. The Labute approximate surface area is 113 Å². The largest absolute Gasteiger partial charge is 0.507 e. The molecule has 4 nitrogen and oxygen atoms in total. The Morgan fingerprint density at radius 1 is 1.30 bits per heavy atom. The van der Waals surface area contributed by atoms with Crippen molar-refractivity contribution < 1.29 is 18.7 Å². The van der Waals surface area contributed by atoms with Crippen molar-refractivity contribution in [3.8, 4) is 5.75 Å². The van der Waals surface area contributed by atoms with E-state index < -0.39 is 11.4 Å². The zero-order valence-electron chi connectivity index (χ0n) is 10.7. The van der Waals surface area contributed by atoms with E-state index in [1.54, 1.807) is 0 Å². The predicted molar refractivity (Wildman–Crippen MR) is 70.3 cm³/mol. The third kappa shape index (κ3) is 2.09. The summed E-state index contributed by atoms with van der Waals surface area (Å²) in [5.74, 6) is -0.974. The Kier molecular flexibility index (Phi) is 3.04. The second-order valence-electron chi connectivity index (χ2n) is 5.12. The van der Waals surface area contributed by atoms with Crippen LogP contribution >= 0.6 is 0 Å². The van der Waals surface area contributed by atoms with Crippen LogP contribution in [0.5, 0.6) is 5.75 Å². The SMILES string of the molecule is O=C1CCC[C@@H](c2c(O)c3ccc(F)cc3oc2=O)C1. The number of carbonyl (C=O) groups is 1. The molecule has 0 amide bonds. The van der Waals surface area contributed by atoms with Crippen LogP contribution < -0.4 is 5.63 Å². The van der Waals surface area contributed by atoms with Crippen LogP contribution in [0.3, 0.4) is 0 Å². The molecule has 0 bridgehead atoms. The van der Waals surface area contributed by atoms with Crippen molar-refractivity contribution in [1.82, 2.24) is 0 Å². The van der Waals surface area contributed by atoms with Gasteiger partial charge in [-0.3, -0.25) is 4.79 Å². The number of rotatable bonds is 1. The van der Waals surface area contributed by atoms with Crippen LogP contribution in [-0.4, -0.2) is 10.9 Å². The van der Waals surface area contributed by atoms with Crippen molar-refractivity contribution in [1.29, 1.82) is 0 Å². The zero-order chi connectivity index (χ0) is 14.3. The summed E-state index contributed by atoms with van der Waals surface area (Å²) >= 11 is 0. The minimum Gasteiger partial charge on any atom is -0.507 e. The molecule has 0 spiro atoms. The van der Waals surface area contributed by atoms with E-state index in [9.17, 15) is 19.1 Å². The lowest BCUT2D eigenvalue weighted by atomic mass is 9.83. The molecule has 1 saturated carbocycles. The number of hydrogen-bond donors (Lipinski definition) is 1. The fourth-order valence-electron chi connectivity index (χ4n) is 2.80. The molecule has 0 saturated heterocycles. The minimum atomic E-state index is -0.694. The van der Waals surface area contributed by atoms with Gasteiger partial charge in [-0.25, -0.2) is 9.18 Å². The molecule has 1 heterocycles. The quantitative estimate of drug-likeness (QED) is 0.813. The van der Waals surface area contributed by atoms with Crippen LogP contribution in [-0.2, 0) is 4.79 Å². The van der Waals surface area contributed by atoms with Gasteiger partial charge in [0.25, 0.3) is 0 Å². The maximum atomic E-state index is 13.1. The molecular formula is C15H13FO4. The molecule has 1 aliphatic carbocycles. The molecule has 2 aromatic rings. The van der Waals surface area contributed by atoms with E-state index in [1.165, 1.54) is 12.1 Å². The van der Waals surface area contributed by atoms with Gasteiger partial charge in [-0.2, -0.15) is 0 Å². The maximum Gasteiger partial charge on any atom is 0.343 e. The number of halogens is 1. The first-order valence-electron chi connectivity index (χ1n) is 6.53. The lowest BCUT2D eigenvalue weighted by Crippen LogP contribution is -2.19. The summed E-state index contributed by atoms with van der Waals surface area (Å²) in [5, 5.41) is 10.6. The summed E-state index contributed by atoms with van der Waals surface area (Å²) in [4.78, 5) is 23.5. The first kappa shape index (κ1) is 12.8. The van der Waals surface area contributed by atoms with Gasteiger partial charge in [0.05, 0.1) is 10.9 Å². The number of hydrogen-bond acceptors (Lipinski definition) is 4. The second kappa shape index (κ2) is 4.74.